The highest BCUT2D eigenvalue weighted by Crippen LogP contribution is 2.36. The van der Waals surface area contributed by atoms with E-state index in [-0.39, 0.29) is 0 Å². The number of hydrogen-bond acceptors (Lipinski definition) is 5. The summed E-state index contributed by atoms with van der Waals surface area (Å²) in [5.74, 6) is 0. The smallest absolute Gasteiger partial charge is 0.335 e. The van der Waals surface area contributed by atoms with Gasteiger partial charge in [0.15, 0.2) is 0 Å². The molecule has 0 atom stereocenters. The lowest BCUT2D eigenvalue weighted by atomic mass is 11.6. The molecule has 4 N–H and O–H groups in total. The number of rotatable bonds is 2. The molecule has 0 saturated heterocycles. The molecule has 0 unspecified atom stereocenters. The van der Waals surface area contributed by atoms with Crippen LogP contribution in [0.2, 0.25) is 0 Å². The van der Waals surface area contributed by atoms with Gasteiger partial charge < -0.3 is 14.6 Å². The van der Waals surface area contributed by atoms with Gasteiger partial charge in [0.2, 0.25) is 0 Å². The highest BCUT2D eigenvalue weighted by Gasteiger charge is 2.28. The molecule has 7 nitrogen and oxygen atoms in total. The first-order valence-electron chi connectivity index (χ1n) is 1.64. The normalized spacial score (nSPS) is 11.0. The summed E-state index contributed by atoms with van der Waals surface area (Å²) in [6.45, 7) is 0. The second-order valence-corrected chi connectivity index (χ2v) is 2.46. The molecule has 0 saturated carbocycles. The summed E-state index contributed by atoms with van der Waals surface area (Å²) in [5.41, 5.74) is -0.996. The minimum absolute atomic E-state index is 0.832. The van der Waals surface area contributed by atoms with E-state index >= 15 is 0 Å². The first kappa shape index (κ1) is 8.54. The second-order valence-electron chi connectivity index (χ2n) is 1.00. The Labute approximate surface area is 49.3 Å². The predicted molar refractivity (Wildman–Crippen MR) is 23.4 cm³/mol. The molecular formula is CH4NO6P. The van der Waals surface area contributed by atoms with Crippen molar-refractivity contribution in [3.8, 4) is 0 Å². The quantitative estimate of drug-likeness (QED) is 0.306. The third-order valence-corrected chi connectivity index (χ3v) is 0.938. The van der Waals surface area contributed by atoms with E-state index in [0.717, 1.165) is 5.64 Å². The Bertz CT molecular complexity index is 147. The summed E-state index contributed by atoms with van der Waals surface area (Å²) >= 11 is 0. The van der Waals surface area contributed by atoms with Crippen molar-refractivity contribution in [3.05, 3.63) is 0 Å². The van der Waals surface area contributed by atoms with Gasteiger partial charge in [-0.1, -0.05) is 0 Å². The van der Waals surface area contributed by atoms with Gasteiger partial charge in [0, 0.05) is 0 Å². The first-order valence-corrected chi connectivity index (χ1v) is 3.25. The highest BCUT2D eigenvalue weighted by molar-refractivity contribution is 7.69. The van der Waals surface area contributed by atoms with Crippen LogP contribution in [0, 0.1) is 0 Å². The molecule has 0 aliphatic rings. The van der Waals surface area contributed by atoms with Crippen LogP contribution in [0.3, 0.4) is 0 Å². The molecule has 0 aromatic rings. The average molecular weight is 157 g/mol. The summed E-state index contributed by atoms with van der Waals surface area (Å²) in [6.07, 6.45) is 0. The molecule has 0 aromatic heterocycles. The largest absolute Gasteiger partial charge is 0.440 e. The molecule has 0 aliphatic heterocycles. The van der Waals surface area contributed by atoms with Crippen molar-refractivity contribution in [1.29, 1.82) is 0 Å². The zero-order valence-corrected chi connectivity index (χ0v) is 4.91. The van der Waals surface area contributed by atoms with Gasteiger partial charge in [0.1, 0.15) is 0 Å². The highest BCUT2D eigenvalue weighted by atomic mass is 31.2. The maximum atomic E-state index is 9.86. The maximum absolute atomic E-state index is 9.86. The molecule has 8 heteroatoms. The lowest BCUT2D eigenvalue weighted by Gasteiger charge is -1.99. The van der Waals surface area contributed by atoms with Gasteiger partial charge in [0.05, 0.1) is 0 Å². The molecule has 0 radical (unpaired) electrons. The van der Waals surface area contributed by atoms with Crippen LogP contribution in [0.1, 0.15) is 0 Å². The minimum Gasteiger partial charge on any atom is -0.335 e. The molecule has 0 amide bonds. The van der Waals surface area contributed by atoms with E-state index < -0.39 is 13.3 Å². The zero-order chi connectivity index (χ0) is 7.49. The van der Waals surface area contributed by atoms with Gasteiger partial charge in [-0.2, -0.15) is 0 Å². The molecule has 0 bridgehead atoms. The molecular weight excluding hydrogens is 153 g/mol. The average Bonchev–Trinajstić information content (AvgIpc) is 1.64. The predicted octanol–water partition coefficient (Wildman–Crippen LogP) is -0.806. The van der Waals surface area contributed by atoms with Crippen molar-refractivity contribution < 1.29 is 29.2 Å². The molecule has 54 valence electrons. The molecule has 9 heavy (non-hydrogen) atoms. The first-order chi connectivity index (χ1) is 3.98. The van der Waals surface area contributed by atoms with Crippen LogP contribution in [0.5, 0.6) is 0 Å². The maximum Gasteiger partial charge on any atom is 0.440 e. The summed E-state index contributed by atoms with van der Waals surface area (Å²) in [6, 6.07) is 0. The fourth-order valence-electron chi connectivity index (χ4n) is 0.0985. The third kappa shape index (κ3) is 3.17. The monoisotopic (exact) mass is 157 g/mol. The van der Waals surface area contributed by atoms with Gasteiger partial charge in [-0.05, 0) is 5.64 Å². The van der Waals surface area contributed by atoms with Crippen LogP contribution in [0.4, 0.5) is 4.79 Å². The Kier molecular flexibility index (Phi) is 2.75. The van der Waals surface area contributed by atoms with Crippen molar-refractivity contribution in [2.45, 2.75) is 0 Å². The fourth-order valence-corrected chi connectivity index (χ4v) is 0.258. The molecule has 0 aliphatic carbocycles. The molecule has 0 spiro atoms. The van der Waals surface area contributed by atoms with Gasteiger partial charge in [-0.25, -0.2) is 9.36 Å². The van der Waals surface area contributed by atoms with Crippen molar-refractivity contribution in [2.75, 3.05) is 0 Å². The van der Waals surface area contributed by atoms with E-state index in [1.165, 1.54) is 0 Å². The Morgan fingerprint density at radius 1 is 1.56 bits per heavy atom. The number of hydrogen-bond donors (Lipinski definition) is 4. The van der Waals surface area contributed by atoms with Crippen molar-refractivity contribution in [2.24, 2.45) is 0 Å². The van der Waals surface area contributed by atoms with Crippen molar-refractivity contribution in [3.63, 3.8) is 0 Å². The molecule has 0 rings (SSSR count). The van der Waals surface area contributed by atoms with E-state index in [4.69, 9.17) is 15.0 Å². The Morgan fingerprint density at radius 2 is 2.00 bits per heavy atom. The SMILES string of the molecule is O=C(ONO)P(=O)(O)O. The van der Waals surface area contributed by atoms with Crippen molar-refractivity contribution in [1.82, 2.24) is 5.64 Å². The topological polar surface area (TPSA) is 116 Å². The van der Waals surface area contributed by atoms with E-state index in [9.17, 15) is 9.36 Å². The van der Waals surface area contributed by atoms with Crippen LogP contribution in [-0.4, -0.2) is 20.7 Å². The zero-order valence-electron chi connectivity index (χ0n) is 4.01. The van der Waals surface area contributed by atoms with Gasteiger partial charge in [-0.15, -0.1) is 0 Å². The molecule has 0 fully saturated rings. The van der Waals surface area contributed by atoms with Gasteiger partial charge in [-0.3, -0.25) is 5.21 Å². The van der Waals surface area contributed by atoms with Crippen LogP contribution in [0.25, 0.3) is 0 Å². The van der Waals surface area contributed by atoms with E-state index in [1.807, 2.05) is 0 Å². The van der Waals surface area contributed by atoms with Crippen LogP contribution >= 0.6 is 7.60 Å². The van der Waals surface area contributed by atoms with E-state index in [2.05, 4.69) is 4.84 Å². The van der Waals surface area contributed by atoms with Gasteiger partial charge in [0.25, 0.3) is 0 Å². The number of nitrogens with one attached hydrogen (secondary N) is 1. The van der Waals surface area contributed by atoms with Crippen LogP contribution in [0.15, 0.2) is 0 Å². The Hall–Kier alpha value is -0.460. The molecule has 0 heterocycles. The second kappa shape index (κ2) is 2.90. The van der Waals surface area contributed by atoms with Gasteiger partial charge >= 0.3 is 13.3 Å². The standard InChI is InChI=1S/CH4NO6P/c3-1(8-2-4)9(5,6)7/h2,4H,(H2,5,6,7). The summed E-state index contributed by atoms with van der Waals surface area (Å²) in [5, 5.41) is 7.56. The molecule has 0 aromatic carbocycles. The lowest BCUT2D eigenvalue weighted by Crippen LogP contribution is -2.14. The Balaban J connectivity index is 3.90. The third-order valence-electron chi connectivity index (χ3n) is 0.371. The minimum atomic E-state index is -4.86. The summed E-state index contributed by atoms with van der Waals surface area (Å²) in [7, 11) is -4.86. The lowest BCUT2D eigenvalue weighted by molar-refractivity contribution is -0.0697. The van der Waals surface area contributed by atoms with Crippen molar-refractivity contribution >= 4 is 13.3 Å². The van der Waals surface area contributed by atoms with Crippen LogP contribution < -0.4 is 5.64 Å². The summed E-state index contributed by atoms with van der Waals surface area (Å²) in [4.78, 5) is 29.0. The fraction of sp³-hybridized carbons (Fsp3) is 0. The Morgan fingerprint density at radius 3 is 2.11 bits per heavy atom. The van der Waals surface area contributed by atoms with E-state index in [0.29, 0.717) is 0 Å². The number of carbonyl (C=O) groups is 1. The summed E-state index contributed by atoms with van der Waals surface area (Å²) < 4.78 is 9.79. The van der Waals surface area contributed by atoms with Crippen LogP contribution in [-0.2, 0) is 9.40 Å². The van der Waals surface area contributed by atoms with E-state index in [1.54, 1.807) is 0 Å². The number of carbonyl (C=O) groups excluding carboxylic acids is 1.